The molecule has 0 aromatic carbocycles. The highest BCUT2D eigenvalue weighted by atomic mass is 35.5. The molecule has 0 unspecified atom stereocenters. The lowest BCUT2D eigenvalue weighted by Gasteiger charge is -1.97. The summed E-state index contributed by atoms with van der Waals surface area (Å²) in [6.07, 6.45) is 1.17. The molecule has 1 aromatic heterocycles. The summed E-state index contributed by atoms with van der Waals surface area (Å²) >= 11 is 5.39. The first kappa shape index (κ1) is 7.81. The molecule has 0 amide bonds. The highest BCUT2D eigenvalue weighted by Crippen LogP contribution is 2.24. The zero-order chi connectivity index (χ0) is 8.43. The molecular formula is C6H4ClNO3. The van der Waals surface area contributed by atoms with E-state index in [9.17, 15) is 4.79 Å². The summed E-state index contributed by atoms with van der Waals surface area (Å²) < 4.78 is 0. The van der Waals surface area contributed by atoms with Gasteiger partial charge in [0.1, 0.15) is 10.8 Å². The number of aromatic nitrogens is 1. The maximum absolute atomic E-state index is 10.3. The minimum Gasteiger partial charge on any atom is -0.506 e. The zero-order valence-corrected chi connectivity index (χ0v) is 6.04. The molecule has 0 aliphatic heterocycles. The highest BCUT2D eigenvalue weighted by Gasteiger charge is 2.12. The molecule has 0 spiro atoms. The van der Waals surface area contributed by atoms with Gasteiger partial charge in [-0.1, -0.05) is 11.6 Å². The molecule has 5 heteroatoms. The Bertz CT molecular complexity index is 300. The fourth-order valence-corrected chi connectivity index (χ4v) is 0.775. The predicted molar refractivity (Wildman–Crippen MR) is 37.9 cm³/mol. The maximum Gasteiger partial charge on any atom is 0.356 e. The number of hydrogen-bond donors (Lipinski definition) is 2. The van der Waals surface area contributed by atoms with Gasteiger partial charge in [-0.25, -0.2) is 9.78 Å². The molecule has 0 aliphatic carbocycles. The quantitative estimate of drug-likeness (QED) is 0.668. The number of aromatic hydroxyl groups is 1. The van der Waals surface area contributed by atoms with Crippen LogP contribution >= 0.6 is 11.6 Å². The molecule has 1 rings (SSSR count). The topological polar surface area (TPSA) is 70.4 Å². The third-order valence-electron chi connectivity index (χ3n) is 1.07. The fourth-order valence-electron chi connectivity index (χ4n) is 0.583. The van der Waals surface area contributed by atoms with Gasteiger partial charge in [-0.05, 0) is 6.07 Å². The minimum absolute atomic E-state index is 0.236. The summed E-state index contributed by atoms with van der Waals surface area (Å²) in [5.74, 6) is -1.54. The first-order chi connectivity index (χ1) is 5.13. The number of carboxylic acid groups (broad SMARTS) is 1. The lowest BCUT2D eigenvalue weighted by Crippen LogP contribution is -2.00. The molecular weight excluding hydrogens is 170 g/mol. The molecule has 0 saturated heterocycles. The van der Waals surface area contributed by atoms with Crippen molar-refractivity contribution in [2.75, 3.05) is 0 Å². The van der Waals surface area contributed by atoms with Crippen molar-refractivity contribution in [1.82, 2.24) is 4.98 Å². The monoisotopic (exact) mass is 173 g/mol. The fraction of sp³-hybridized carbons (Fsp3) is 0. The van der Waals surface area contributed by atoms with Crippen LogP contribution in [0, 0.1) is 0 Å². The Labute approximate surface area is 67.1 Å². The minimum atomic E-state index is -1.26. The van der Waals surface area contributed by atoms with E-state index in [1.807, 2.05) is 0 Å². The summed E-state index contributed by atoms with van der Waals surface area (Å²) in [5.41, 5.74) is -0.341. The number of carbonyl (C=O) groups is 1. The number of halogens is 1. The van der Waals surface area contributed by atoms with Gasteiger partial charge in [0.25, 0.3) is 0 Å². The largest absolute Gasteiger partial charge is 0.506 e. The van der Waals surface area contributed by atoms with Gasteiger partial charge in [0.2, 0.25) is 0 Å². The van der Waals surface area contributed by atoms with Gasteiger partial charge in [-0.2, -0.15) is 0 Å². The second-order valence-electron chi connectivity index (χ2n) is 1.80. The lowest BCUT2D eigenvalue weighted by atomic mass is 10.3. The SMILES string of the molecule is O=C(O)c1nccc(O)c1Cl. The van der Waals surface area contributed by atoms with Crippen LogP contribution in [0.4, 0.5) is 0 Å². The van der Waals surface area contributed by atoms with Crippen LogP contribution in [0.1, 0.15) is 10.5 Å². The van der Waals surface area contributed by atoms with E-state index in [1.165, 1.54) is 12.3 Å². The van der Waals surface area contributed by atoms with Crippen LogP contribution in [0.15, 0.2) is 12.3 Å². The van der Waals surface area contributed by atoms with Gasteiger partial charge in [0.05, 0.1) is 0 Å². The number of aromatic carboxylic acids is 1. The lowest BCUT2D eigenvalue weighted by molar-refractivity contribution is 0.0690. The Balaban J connectivity index is 3.27. The summed E-state index contributed by atoms with van der Waals surface area (Å²) in [6, 6.07) is 1.22. The van der Waals surface area contributed by atoms with Crippen molar-refractivity contribution in [1.29, 1.82) is 0 Å². The molecule has 0 atom stereocenters. The number of hydrogen-bond acceptors (Lipinski definition) is 3. The molecule has 0 saturated carbocycles. The van der Waals surface area contributed by atoms with E-state index in [1.54, 1.807) is 0 Å². The van der Waals surface area contributed by atoms with E-state index in [2.05, 4.69) is 4.98 Å². The molecule has 0 fully saturated rings. The molecule has 11 heavy (non-hydrogen) atoms. The molecule has 0 bridgehead atoms. The summed E-state index contributed by atoms with van der Waals surface area (Å²) in [5, 5.41) is 17.1. The molecule has 58 valence electrons. The van der Waals surface area contributed by atoms with Crippen molar-refractivity contribution < 1.29 is 15.0 Å². The van der Waals surface area contributed by atoms with Gasteiger partial charge in [-0.3, -0.25) is 0 Å². The van der Waals surface area contributed by atoms with E-state index in [4.69, 9.17) is 21.8 Å². The molecule has 4 nitrogen and oxygen atoms in total. The molecule has 1 heterocycles. The first-order valence-electron chi connectivity index (χ1n) is 2.69. The van der Waals surface area contributed by atoms with E-state index in [0.717, 1.165) is 0 Å². The van der Waals surface area contributed by atoms with Crippen molar-refractivity contribution in [2.45, 2.75) is 0 Å². The van der Waals surface area contributed by atoms with Crippen molar-refractivity contribution in [3.05, 3.63) is 23.0 Å². The van der Waals surface area contributed by atoms with Crippen LogP contribution in [-0.4, -0.2) is 21.2 Å². The van der Waals surface area contributed by atoms with Gasteiger partial charge < -0.3 is 10.2 Å². The van der Waals surface area contributed by atoms with E-state index < -0.39 is 5.97 Å². The Morgan fingerprint density at radius 1 is 1.64 bits per heavy atom. The summed E-state index contributed by atoms with van der Waals surface area (Å²) in [4.78, 5) is 13.8. The third kappa shape index (κ3) is 1.40. The number of carboxylic acids is 1. The standard InChI is InChI=1S/C6H4ClNO3/c7-4-3(9)1-2-8-5(4)6(10)11/h1-2H,(H,8,9)(H,10,11). The van der Waals surface area contributed by atoms with Crippen LogP contribution in [0.5, 0.6) is 5.75 Å². The predicted octanol–water partition coefficient (Wildman–Crippen LogP) is 1.14. The Hall–Kier alpha value is -1.29. The Morgan fingerprint density at radius 3 is 2.73 bits per heavy atom. The number of rotatable bonds is 1. The van der Waals surface area contributed by atoms with Crippen LogP contribution in [0.2, 0.25) is 5.02 Å². The first-order valence-corrected chi connectivity index (χ1v) is 3.07. The van der Waals surface area contributed by atoms with Crippen LogP contribution in [-0.2, 0) is 0 Å². The van der Waals surface area contributed by atoms with Crippen molar-refractivity contribution in [3.8, 4) is 5.75 Å². The van der Waals surface area contributed by atoms with Gasteiger partial charge in [0, 0.05) is 6.20 Å². The zero-order valence-electron chi connectivity index (χ0n) is 5.28. The molecule has 0 radical (unpaired) electrons. The molecule has 1 aromatic rings. The second kappa shape index (κ2) is 2.75. The van der Waals surface area contributed by atoms with Gasteiger partial charge in [0.15, 0.2) is 5.69 Å². The average molecular weight is 174 g/mol. The second-order valence-corrected chi connectivity index (χ2v) is 2.18. The maximum atomic E-state index is 10.3. The number of nitrogens with zero attached hydrogens (tertiary/aromatic N) is 1. The van der Waals surface area contributed by atoms with Crippen molar-refractivity contribution in [3.63, 3.8) is 0 Å². The number of pyridine rings is 1. The van der Waals surface area contributed by atoms with Crippen LogP contribution in [0.3, 0.4) is 0 Å². The van der Waals surface area contributed by atoms with E-state index in [0.29, 0.717) is 0 Å². The molecule has 0 aliphatic rings. The Kier molecular flexibility index (Phi) is 1.96. The van der Waals surface area contributed by atoms with Crippen molar-refractivity contribution in [2.24, 2.45) is 0 Å². The Morgan fingerprint density at radius 2 is 2.27 bits per heavy atom. The average Bonchev–Trinajstić information content (AvgIpc) is 1.94. The van der Waals surface area contributed by atoms with Crippen molar-refractivity contribution >= 4 is 17.6 Å². The highest BCUT2D eigenvalue weighted by molar-refractivity contribution is 6.34. The van der Waals surface area contributed by atoms with Gasteiger partial charge >= 0.3 is 5.97 Å². The van der Waals surface area contributed by atoms with Crippen LogP contribution < -0.4 is 0 Å². The normalized spacial score (nSPS) is 9.55. The van der Waals surface area contributed by atoms with Gasteiger partial charge in [-0.15, -0.1) is 0 Å². The summed E-state index contributed by atoms with van der Waals surface area (Å²) in [7, 11) is 0. The third-order valence-corrected chi connectivity index (χ3v) is 1.44. The smallest absolute Gasteiger partial charge is 0.356 e. The summed E-state index contributed by atoms with van der Waals surface area (Å²) in [6.45, 7) is 0. The van der Waals surface area contributed by atoms with Crippen LogP contribution in [0.25, 0.3) is 0 Å². The van der Waals surface area contributed by atoms with E-state index in [-0.39, 0.29) is 16.5 Å². The molecule has 2 N–H and O–H groups in total. The van der Waals surface area contributed by atoms with E-state index >= 15 is 0 Å².